The Hall–Kier alpha value is -2.14. The van der Waals surface area contributed by atoms with Crippen LogP contribution in [-0.2, 0) is 14.8 Å². The number of hydrogen-bond donors (Lipinski definition) is 2. The number of anilines is 1. The fraction of sp³-hybridized carbons (Fsp3) is 0.278. The van der Waals surface area contributed by atoms with Gasteiger partial charge in [-0.1, -0.05) is 0 Å². The van der Waals surface area contributed by atoms with Crippen molar-refractivity contribution in [2.45, 2.75) is 4.90 Å². The molecule has 0 fully saturated rings. The standard InChI is InChI=1S/C18H19BrN2O6S/c1-25-7-6-20-28(23,24)13-3-4-15(19)14(11-13)18(22)21-12-2-5-16-17(10-12)27-9-8-26-16/h2-5,10-11,20H,6-9H2,1H3,(H,21,22). The van der Waals surface area contributed by atoms with Crippen molar-refractivity contribution >= 4 is 37.5 Å². The van der Waals surface area contributed by atoms with Crippen LogP contribution in [0.4, 0.5) is 5.69 Å². The summed E-state index contributed by atoms with van der Waals surface area (Å²) in [4.78, 5) is 12.7. The number of carbonyl (C=O) groups is 1. The second kappa shape index (κ2) is 8.91. The third kappa shape index (κ3) is 4.82. The minimum absolute atomic E-state index is 0.0147. The van der Waals surface area contributed by atoms with Gasteiger partial charge in [-0.05, 0) is 46.3 Å². The molecule has 2 aromatic carbocycles. The molecular weight excluding hydrogens is 452 g/mol. The number of carbonyl (C=O) groups excluding carboxylic acids is 1. The highest BCUT2D eigenvalue weighted by Crippen LogP contribution is 2.33. The van der Waals surface area contributed by atoms with Gasteiger partial charge in [0.25, 0.3) is 5.91 Å². The summed E-state index contributed by atoms with van der Waals surface area (Å²) in [7, 11) is -2.28. The Bertz CT molecular complexity index is 980. The molecule has 1 aliphatic rings. The lowest BCUT2D eigenvalue weighted by atomic mass is 10.2. The summed E-state index contributed by atoms with van der Waals surface area (Å²) in [6.07, 6.45) is 0. The van der Waals surface area contributed by atoms with Gasteiger partial charge in [-0.2, -0.15) is 0 Å². The molecule has 1 amide bonds. The maximum absolute atomic E-state index is 12.7. The fourth-order valence-corrected chi connectivity index (χ4v) is 3.99. The maximum atomic E-state index is 12.7. The van der Waals surface area contributed by atoms with Crippen LogP contribution in [-0.4, -0.2) is 47.8 Å². The molecule has 0 unspecified atom stereocenters. The van der Waals surface area contributed by atoms with E-state index in [4.69, 9.17) is 14.2 Å². The Balaban J connectivity index is 1.80. The summed E-state index contributed by atoms with van der Waals surface area (Å²) in [5.41, 5.74) is 0.692. The van der Waals surface area contributed by atoms with Gasteiger partial charge in [0.15, 0.2) is 11.5 Å². The molecular formula is C18H19BrN2O6S. The Morgan fingerprint density at radius 3 is 2.64 bits per heavy atom. The van der Waals surface area contributed by atoms with Crippen LogP contribution in [0.2, 0.25) is 0 Å². The number of nitrogens with one attached hydrogen (secondary N) is 2. The molecule has 0 saturated carbocycles. The van der Waals surface area contributed by atoms with Crippen molar-refractivity contribution in [2.75, 3.05) is 38.8 Å². The summed E-state index contributed by atoms with van der Waals surface area (Å²) < 4.78 is 43.4. The highest BCUT2D eigenvalue weighted by Gasteiger charge is 2.19. The zero-order valence-corrected chi connectivity index (χ0v) is 17.4. The maximum Gasteiger partial charge on any atom is 0.256 e. The van der Waals surface area contributed by atoms with Crippen molar-refractivity contribution < 1.29 is 27.4 Å². The minimum Gasteiger partial charge on any atom is -0.486 e. The number of fused-ring (bicyclic) bond motifs is 1. The number of amides is 1. The van der Waals surface area contributed by atoms with E-state index in [1.54, 1.807) is 18.2 Å². The molecule has 0 bridgehead atoms. The van der Waals surface area contributed by atoms with E-state index in [2.05, 4.69) is 26.0 Å². The van der Waals surface area contributed by atoms with Crippen molar-refractivity contribution in [3.63, 3.8) is 0 Å². The monoisotopic (exact) mass is 470 g/mol. The summed E-state index contributed by atoms with van der Waals surface area (Å²) in [6.45, 7) is 1.29. The number of ether oxygens (including phenoxy) is 3. The second-order valence-electron chi connectivity index (χ2n) is 5.84. The van der Waals surface area contributed by atoms with Crippen molar-refractivity contribution in [3.8, 4) is 11.5 Å². The van der Waals surface area contributed by atoms with Crippen LogP contribution in [0.25, 0.3) is 0 Å². The predicted molar refractivity (Wildman–Crippen MR) is 107 cm³/mol. The van der Waals surface area contributed by atoms with Gasteiger partial charge in [-0.3, -0.25) is 4.79 Å². The van der Waals surface area contributed by atoms with E-state index in [0.717, 1.165) is 0 Å². The SMILES string of the molecule is COCCNS(=O)(=O)c1ccc(Br)c(C(=O)Nc2ccc3c(c2)OCCO3)c1. The van der Waals surface area contributed by atoms with Crippen LogP contribution in [0.5, 0.6) is 11.5 Å². The zero-order valence-electron chi connectivity index (χ0n) is 15.0. The Kier molecular flexibility index (Phi) is 6.55. The number of methoxy groups -OCH3 is 1. The second-order valence-corrected chi connectivity index (χ2v) is 8.47. The lowest BCUT2D eigenvalue weighted by molar-refractivity contribution is 0.102. The van der Waals surface area contributed by atoms with Gasteiger partial charge in [0, 0.05) is 29.9 Å². The number of benzene rings is 2. The van der Waals surface area contributed by atoms with Crippen LogP contribution in [0.3, 0.4) is 0 Å². The lowest BCUT2D eigenvalue weighted by Crippen LogP contribution is -2.27. The number of sulfonamides is 1. The third-order valence-electron chi connectivity index (χ3n) is 3.89. The van der Waals surface area contributed by atoms with Crippen molar-refractivity contribution in [2.24, 2.45) is 0 Å². The third-order valence-corrected chi connectivity index (χ3v) is 6.04. The molecule has 10 heteroatoms. The van der Waals surface area contributed by atoms with Crippen LogP contribution in [0.1, 0.15) is 10.4 Å². The molecule has 28 heavy (non-hydrogen) atoms. The van der Waals surface area contributed by atoms with Gasteiger partial charge in [0.1, 0.15) is 13.2 Å². The highest BCUT2D eigenvalue weighted by atomic mass is 79.9. The molecule has 8 nitrogen and oxygen atoms in total. The first-order valence-corrected chi connectivity index (χ1v) is 10.7. The first-order chi connectivity index (χ1) is 13.4. The van der Waals surface area contributed by atoms with E-state index in [0.29, 0.717) is 34.9 Å². The predicted octanol–water partition coefficient (Wildman–Crippen LogP) is 2.40. The van der Waals surface area contributed by atoms with Crippen molar-refractivity contribution in [1.29, 1.82) is 0 Å². The van der Waals surface area contributed by atoms with Gasteiger partial charge in [-0.25, -0.2) is 13.1 Å². The average molecular weight is 471 g/mol. The van der Waals surface area contributed by atoms with Gasteiger partial charge >= 0.3 is 0 Å². The molecule has 1 aliphatic heterocycles. The molecule has 3 rings (SSSR count). The largest absolute Gasteiger partial charge is 0.486 e. The van der Waals surface area contributed by atoms with Gasteiger partial charge in [-0.15, -0.1) is 0 Å². The van der Waals surface area contributed by atoms with E-state index in [1.165, 1.54) is 25.3 Å². The summed E-state index contributed by atoms with van der Waals surface area (Å²) in [5.74, 6) is 0.694. The first-order valence-electron chi connectivity index (χ1n) is 8.40. The van der Waals surface area contributed by atoms with Gasteiger partial charge in [0.2, 0.25) is 10.0 Å². The molecule has 1 heterocycles. The van der Waals surface area contributed by atoms with Crippen LogP contribution >= 0.6 is 15.9 Å². The van der Waals surface area contributed by atoms with E-state index in [1.807, 2.05) is 0 Å². The van der Waals surface area contributed by atoms with E-state index >= 15 is 0 Å². The number of rotatable bonds is 7. The molecule has 2 aromatic rings. The van der Waals surface area contributed by atoms with Crippen molar-refractivity contribution in [3.05, 3.63) is 46.4 Å². The molecule has 0 aromatic heterocycles. The molecule has 0 aliphatic carbocycles. The van der Waals surface area contributed by atoms with Crippen molar-refractivity contribution in [1.82, 2.24) is 4.72 Å². The number of hydrogen-bond acceptors (Lipinski definition) is 6. The first kappa shape index (κ1) is 20.6. The van der Waals surface area contributed by atoms with E-state index in [9.17, 15) is 13.2 Å². The quantitative estimate of drug-likeness (QED) is 0.602. The molecule has 2 N–H and O–H groups in total. The fourth-order valence-electron chi connectivity index (χ4n) is 2.53. The smallest absolute Gasteiger partial charge is 0.256 e. The van der Waals surface area contributed by atoms with Crippen LogP contribution in [0.15, 0.2) is 45.8 Å². The van der Waals surface area contributed by atoms with Gasteiger partial charge < -0.3 is 19.5 Å². The van der Waals surface area contributed by atoms with Gasteiger partial charge in [0.05, 0.1) is 17.1 Å². The van der Waals surface area contributed by atoms with E-state index in [-0.39, 0.29) is 23.6 Å². The van der Waals surface area contributed by atoms with E-state index < -0.39 is 15.9 Å². The molecule has 150 valence electrons. The summed E-state index contributed by atoms with van der Waals surface area (Å²) in [6, 6.07) is 9.30. The topological polar surface area (TPSA) is 103 Å². The normalized spacial score (nSPS) is 13.2. The summed E-state index contributed by atoms with van der Waals surface area (Å²) >= 11 is 3.29. The van der Waals surface area contributed by atoms with Crippen LogP contribution < -0.4 is 19.5 Å². The molecule has 0 radical (unpaired) electrons. The summed E-state index contributed by atoms with van der Waals surface area (Å²) in [5, 5.41) is 2.74. The molecule has 0 saturated heterocycles. The Morgan fingerprint density at radius 1 is 1.14 bits per heavy atom. The zero-order chi connectivity index (χ0) is 20.1. The average Bonchev–Trinajstić information content (AvgIpc) is 2.68. The lowest BCUT2D eigenvalue weighted by Gasteiger charge is -2.19. The number of halogens is 1. The Labute approximate surface area is 171 Å². The highest BCUT2D eigenvalue weighted by molar-refractivity contribution is 9.10. The molecule has 0 atom stereocenters. The molecule has 0 spiro atoms. The van der Waals surface area contributed by atoms with Crippen LogP contribution in [0, 0.1) is 0 Å². The minimum atomic E-state index is -3.76. The Morgan fingerprint density at radius 2 is 1.89 bits per heavy atom.